The van der Waals surface area contributed by atoms with Crippen molar-refractivity contribution in [1.29, 1.82) is 0 Å². The van der Waals surface area contributed by atoms with E-state index in [2.05, 4.69) is 22.0 Å². The van der Waals surface area contributed by atoms with Crippen molar-refractivity contribution in [1.82, 2.24) is 4.98 Å². The summed E-state index contributed by atoms with van der Waals surface area (Å²) in [6.45, 7) is 1.31. The zero-order chi connectivity index (χ0) is 13.0. The van der Waals surface area contributed by atoms with Crippen LogP contribution in [0.2, 0.25) is 0 Å². The summed E-state index contributed by atoms with van der Waals surface area (Å²) < 4.78 is 5.14. The molecule has 0 spiro atoms. The molecule has 0 bridgehead atoms. The molecule has 0 radical (unpaired) electrons. The van der Waals surface area contributed by atoms with Gasteiger partial charge in [-0.2, -0.15) is 0 Å². The summed E-state index contributed by atoms with van der Waals surface area (Å²) in [6.07, 6.45) is 0. The van der Waals surface area contributed by atoms with Gasteiger partial charge in [0.1, 0.15) is 5.75 Å². The Bertz CT molecular complexity index is 495. The average Bonchev–Trinajstić information content (AvgIpc) is 2.88. The van der Waals surface area contributed by atoms with E-state index in [1.165, 1.54) is 5.56 Å². The fourth-order valence-corrected chi connectivity index (χ4v) is 2.44. The number of anilines is 1. The molecule has 4 nitrogen and oxygen atoms in total. The van der Waals surface area contributed by atoms with E-state index >= 15 is 0 Å². The number of rotatable bonds is 5. The molecule has 18 heavy (non-hydrogen) atoms. The molecule has 0 amide bonds. The lowest BCUT2D eigenvalue weighted by Crippen LogP contribution is -2.16. The summed E-state index contributed by atoms with van der Waals surface area (Å²) in [5, 5.41) is 2.99. The largest absolute Gasteiger partial charge is 0.497 e. The predicted molar refractivity (Wildman–Crippen MR) is 75.1 cm³/mol. The first-order valence-corrected chi connectivity index (χ1v) is 6.59. The fourth-order valence-electron chi connectivity index (χ4n) is 1.64. The minimum atomic E-state index is 0.493. The number of hydrogen-bond donors (Lipinski definition) is 1. The number of nitrogens with two attached hydrogens (primary N) is 1. The van der Waals surface area contributed by atoms with Gasteiger partial charge in [-0.1, -0.05) is 12.1 Å². The van der Waals surface area contributed by atoms with Crippen molar-refractivity contribution in [2.24, 2.45) is 5.73 Å². The number of ether oxygens (including phenoxy) is 1. The average molecular weight is 263 g/mol. The molecule has 1 aromatic carbocycles. The first-order chi connectivity index (χ1) is 8.72. The Morgan fingerprint density at radius 1 is 1.33 bits per heavy atom. The molecular formula is C13H17N3OS. The van der Waals surface area contributed by atoms with Crippen LogP contribution in [0.4, 0.5) is 5.13 Å². The molecule has 1 heterocycles. The maximum atomic E-state index is 5.56. The van der Waals surface area contributed by atoms with Gasteiger partial charge < -0.3 is 15.4 Å². The smallest absolute Gasteiger partial charge is 0.185 e. The summed E-state index contributed by atoms with van der Waals surface area (Å²) in [4.78, 5) is 6.57. The molecule has 0 aliphatic rings. The predicted octanol–water partition coefficient (Wildman–Crippen LogP) is 2.25. The minimum absolute atomic E-state index is 0.493. The van der Waals surface area contributed by atoms with E-state index in [0.717, 1.165) is 23.1 Å². The summed E-state index contributed by atoms with van der Waals surface area (Å²) in [6, 6.07) is 8.06. The van der Waals surface area contributed by atoms with Gasteiger partial charge in [-0.3, -0.25) is 0 Å². The van der Waals surface area contributed by atoms with Gasteiger partial charge in [0.05, 0.1) is 12.8 Å². The SMILES string of the molecule is COc1ccc(CN(C)c2nc(CN)cs2)cc1. The highest BCUT2D eigenvalue weighted by Crippen LogP contribution is 2.21. The van der Waals surface area contributed by atoms with E-state index < -0.39 is 0 Å². The second-order valence-electron chi connectivity index (χ2n) is 4.03. The van der Waals surface area contributed by atoms with E-state index in [9.17, 15) is 0 Å². The summed E-state index contributed by atoms with van der Waals surface area (Å²) in [5.74, 6) is 0.876. The molecule has 0 unspecified atom stereocenters. The van der Waals surface area contributed by atoms with Gasteiger partial charge in [-0.25, -0.2) is 4.98 Å². The Hall–Kier alpha value is -1.59. The molecule has 5 heteroatoms. The normalized spacial score (nSPS) is 10.4. The molecule has 2 rings (SSSR count). The Morgan fingerprint density at radius 3 is 2.61 bits per heavy atom. The van der Waals surface area contributed by atoms with Crippen molar-refractivity contribution in [3.63, 3.8) is 0 Å². The lowest BCUT2D eigenvalue weighted by Gasteiger charge is -2.15. The van der Waals surface area contributed by atoms with Crippen LogP contribution in [0.15, 0.2) is 29.6 Å². The molecule has 0 saturated carbocycles. The Kier molecular flexibility index (Phi) is 4.17. The number of aromatic nitrogens is 1. The molecule has 0 saturated heterocycles. The topological polar surface area (TPSA) is 51.4 Å². The maximum absolute atomic E-state index is 5.56. The van der Waals surface area contributed by atoms with Crippen molar-refractivity contribution >= 4 is 16.5 Å². The van der Waals surface area contributed by atoms with Crippen LogP contribution < -0.4 is 15.4 Å². The van der Waals surface area contributed by atoms with Gasteiger partial charge >= 0.3 is 0 Å². The molecular weight excluding hydrogens is 246 g/mol. The highest BCUT2D eigenvalue weighted by Gasteiger charge is 2.07. The first-order valence-electron chi connectivity index (χ1n) is 5.71. The van der Waals surface area contributed by atoms with Crippen LogP contribution in [-0.2, 0) is 13.1 Å². The van der Waals surface area contributed by atoms with Crippen molar-refractivity contribution in [2.75, 3.05) is 19.1 Å². The van der Waals surface area contributed by atoms with Gasteiger partial charge in [-0.15, -0.1) is 11.3 Å². The summed E-state index contributed by atoms with van der Waals surface area (Å²) >= 11 is 1.62. The van der Waals surface area contributed by atoms with Crippen LogP contribution >= 0.6 is 11.3 Å². The number of methoxy groups -OCH3 is 1. The van der Waals surface area contributed by atoms with E-state index in [1.54, 1.807) is 18.4 Å². The van der Waals surface area contributed by atoms with E-state index in [-0.39, 0.29) is 0 Å². The third kappa shape index (κ3) is 3.00. The lowest BCUT2D eigenvalue weighted by atomic mass is 10.2. The second kappa shape index (κ2) is 5.84. The van der Waals surface area contributed by atoms with Gasteiger partial charge in [0.25, 0.3) is 0 Å². The monoisotopic (exact) mass is 263 g/mol. The van der Waals surface area contributed by atoms with Crippen LogP contribution in [-0.4, -0.2) is 19.1 Å². The molecule has 0 aliphatic carbocycles. The molecule has 2 aromatic rings. The van der Waals surface area contributed by atoms with Gasteiger partial charge in [-0.05, 0) is 17.7 Å². The van der Waals surface area contributed by atoms with Gasteiger partial charge in [0.15, 0.2) is 5.13 Å². The van der Waals surface area contributed by atoms with Gasteiger partial charge in [0.2, 0.25) is 0 Å². The quantitative estimate of drug-likeness (QED) is 0.899. The van der Waals surface area contributed by atoms with Crippen LogP contribution in [0.5, 0.6) is 5.75 Å². The van der Waals surface area contributed by atoms with Crippen molar-refractivity contribution in [2.45, 2.75) is 13.1 Å². The molecule has 0 fully saturated rings. The van der Waals surface area contributed by atoms with Crippen molar-refractivity contribution in [3.05, 3.63) is 40.9 Å². The Labute approximate surface area is 111 Å². The molecule has 2 N–H and O–H groups in total. The second-order valence-corrected chi connectivity index (χ2v) is 4.87. The van der Waals surface area contributed by atoms with E-state index in [1.807, 2.05) is 24.6 Å². The summed E-state index contributed by atoms with van der Waals surface area (Å²) in [7, 11) is 3.70. The first kappa shape index (κ1) is 12.9. The van der Waals surface area contributed by atoms with E-state index in [4.69, 9.17) is 10.5 Å². The minimum Gasteiger partial charge on any atom is -0.497 e. The van der Waals surface area contributed by atoms with Crippen molar-refractivity contribution < 1.29 is 4.74 Å². The van der Waals surface area contributed by atoms with Crippen LogP contribution in [0, 0.1) is 0 Å². The third-order valence-electron chi connectivity index (χ3n) is 2.65. The number of hydrogen-bond acceptors (Lipinski definition) is 5. The van der Waals surface area contributed by atoms with Crippen LogP contribution in [0.1, 0.15) is 11.3 Å². The number of thiazole rings is 1. The molecule has 0 aliphatic heterocycles. The van der Waals surface area contributed by atoms with Crippen LogP contribution in [0.3, 0.4) is 0 Å². The summed E-state index contributed by atoms with van der Waals surface area (Å²) in [5.41, 5.74) is 7.73. The zero-order valence-corrected chi connectivity index (χ0v) is 11.4. The standard InChI is InChI=1S/C13H17N3OS/c1-16(13-15-11(7-14)9-18-13)8-10-3-5-12(17-2)6-4-10/h3-6,9H,7-8,14H2,1-2H3. The van der Waals surface area contributed by atoms with Crippen molar-refractivity contribution in [3.8, 4) is 5.75 Å². The fraction of sp³-hybridized carbons (Fsp3) is 0.308. The molecule has 1 aromatic heterocycles. The van der Waals surface area contributed by atoms with Crippen LogP contribution in [0.25, 0.3) is 0 Å². The maximum Gasteiger partial charge on any atom is 0.185 e. The lowest BCUT2D eigenvalue weighted by molar-refractivity contribution is 0.414. The third-order valence-corrected chi connectivity index (χ3v) is 3.66. The number of benzene rings is 1. The van der Waals surface area contributed by atoms with Gasteiger partial charge in [0, 0.05) is 25.5 Å². The highest BCUT2D eigenvalue weighted by molar-refractivity contribution is 7.13. The van der Waals surface area contributed by atoms with E-state index in [0.29, 0.717) is 6.54 Å². The highest BCUT2D eigenvalue weighted by atomic mass is 32.1. The number of nitrogens with zero attached hydrogens (tertiary/aromatic N) is 2. The Balaban J connectivity index is 2.03. The zero-order valence-electron chi connectivity index (χ0n) is 10.6. The Morgan fingerprint density at radius 2 is 2.06 bits per heavy atom. The molecule has 0 atom stereocenters. The molecule has 96 valence electrons.